The maximum Gasteiger partial charge on any atom is 0.0617 e. The highest BCUT2D eigenvalue weighted by atomic mass is 16.5. The summed E-state index contributed by atoms with van der Waals surface area (Å²) >= 11 is 0. The van der Waals surface area contributed by atoms with Crippen molar-refractivity contribution in [2.75, 3.05) is 13.2 Å². The lowest BCUT2D eigenvalue weighted by Gasteiger charge is -2.11. The first-order valence-electron chi connectivity index (χ1n) is 6.46. The smallest absolute Gasteiger partial charge is 0.0617 e. The van der Waals surface area contributed by atoms with Crippen LogP contribution in [-0.2, 0) is 17.7 Å². The molecule has 0 saturated heterocycles. The van der Waals surface area contributed by atoms with Crippen LogP contribution in [0.1, 0.15) is 38.1 Å². The Morgan fingerprint density at radius 3 is 2.82 bits per heavy atom. The van der Waals surface area contributed by atoms with E-state index in [1.165, 1.54) is 0 Å². The second-order valence-electron chi connectivity index (χ2n) is 4.35. The van der Waals surface area contributed by atoms with Crippen molar-refractivity contribution in [3.8, 4) is 0 Å². The summed E-state index contributed by atoms with van der Waals surface area (Å²) < 4.78 is 7.32. The Morgan fingerprint density at radius 1 is 1.41 bits per heavy atom. The minimum atomic E-state index is -0.340. The molecular weight excluding hydrogens is 216 g/mol. The van der Waals surface area contributed by atoms with Crippen LogP contribution in [0.5, 0.6) is 0 Å². The first-order chi connectivity index (χ1) is 8.17. The van der Waals surface area contributed by atoms with Gasteiger partial charge in [-0.05, 0) is 32.8 Å². The molecule has 1 atom stereocenters. The number of hydrogen-bond donors (Lipinski definition) is 1. The highest BCUT2D eigenvalue weighted by molar-refractivity contribution is 5.09. The van der Waals surface area contributed by atoms with Gasteiger partial charge in [0.1, 0.15) is 0 Å². The number of aromatic nitrogens is 2. The highest BCUT2D eigenvalue weighted by Crippen LogP contribution is 2.09. The number of aliphatic hydroxyl groups excluding tert-OH is 1. The fraction of sp³-hybridized carbons (Fsp3) is 0.769. The van der Waals surface area contributed by atoms with E-state index < -0.39 is 0 Å². The molecule has 0 saturated carbocycles. The average molecular weight is 240 g/mol. The van der Waals surface area contributed by atoms with Crippen LogP contribution >= 0.6 is 0 Å². The topological polar surface area (TPSA) is 47.3 Å². The maximum absolute atomic E-state index is 9.91. The summed E-state index contributed by atoms with van der Waals surface area (Å²) in [5, 5.41) is 14.3. The molecule has 1 aromatic heterocycles. The molecule has 0 radical (unpaired) electrons. The molecule has 1 aromatic rings. The van der Waals surface area contributed by atoms with Crippen molar-refractivity contribution in [2.45, 2.75) is 52.7 Å². The predicted molar refractivity (Wildman–Crippen MR) is 68.1 cm³/mol. The Morgan fingerprint density at radius 2 is 2.18 bits per heavy atom. The molecule has 17 heavy (non-hydrogen) atoms. The molecule has 4 heteroatoms. The van der Waals surface area contributed by atoms with Gasteiger partial charge in [-0.25, -0.2) is 0 Å². The van der Waals surface area contributed by atoms with Crippen LogP contribution in [0.2, 0.25) is 0 Å². The van der Waals surface area contributed by atoms with Gasteiger partial charge in [0.05, 0.1) is 11.8 Å². The molecule has 0 bridgehead atoms. The Bertz CT molecular complexity index is 323. The molecule has 1 rings (SSSR count). The monoisotopic (exact) mass is 240 g/mol. The van der Waals surface area contributed by atoms with Crippen molar-refractivity contribution >= 4 is 0 Å². The number of aryl methyl sites for hydroxylation is 2. The largest absolute Gasteiger partial charge is 0.393 e. The Balaban J connectivity index is 2.36. The number of nitrogens with zero attached hydrogens (tertiary/aromatic N) is 2. The van der Waals surface area contributed by atoms with Gasteiger partial charge in [-0.3, -0.25) is 4.68 Å². The van der Waals surface area contributed by atoms with E-state index in [-0.39, 0.29) is 6.10 Å². The molecule has 0 aromatic carbocycles. The van der Waals surface area contributed by atoms with E-state index in [0.717, 1.165) is 31.0 Å². The lowest BCUT2D eigenvalue weighted by molar-refractivity contribution is 0.0815. The fourth-order valence-corrected chi connectivity index (χ4v) is 1.85. The first-order valence-corrected chi connectivity index (χ1v) is 6.46. The number of rotatable bonds is 8. The van der Waals surface area contributed by atoms with E-state index in [4.69, 9.17) is 4.74 Å². The zero-order valence-corrected chi connectivity index (χ0v) is 11.1. The second kappa shape index (κ2) is 7.45. The number of aliphatic hydroxyl groups is 1. The van der Waals surface area contributed by atoms with Crippen LogP contribution in [0.15, 0.2) is 6.07 Å². The summed E-state index contributed by atoms with van der Waals surface area (Å²) in [4.78, 5) is 0. The zero-order valence-electron chi connectivity index (χ0n) is 11.1. The van der Waals surface area contributed by atoms with E-state index in [1.54, 1.807) is 0 Å². The van der Waals surface area contributed by atoms with Gasteiger partial charge in [0.2, 0.25) is 0 Å². The van der Waals surface area contributed by atoms with Gasteiger partial charge in [-0.1, -0.05) is 6.92 Å². The van der Waals surface area contributed by atoms with Gasteiger partial charge >= 0.3 is 0 Å². The van der Waals surface area contributed by atoms with Crippen molar-refractivity contribution in [1.29, 1.82) is 0 Å². The van der Waals surface area contributed by atoms with Gasteiger partial charge in [-0.2, -0.15) is 5.10 Å². The molecule has 0 aliphatic heterocycles. The van der Waals surface area contributed by atoms with Crippen LogP contribution in [0, 0.1) is 6.92 Å². The molecule has 0 aliphatic carbocycles. The molecule has 0 spiro atoms. The highest BCUT2D eigenvalue weighted by Gasteiger charge is 2.10. The Kier molecular flexibility index (Phi) is 6.22. The lowest BCUT2D eigenvalue weighted by Crippen LogP contribution is -2.16. The number of ether oxygens (including phenoxy) is 1. The standard InChI is InChI=1S/C13H24N2O2/c1-4-7-17-8-6-13(16)10-12-9-11(3)14-15(12)5-2/h9,13,16H,4-8,10H2,1-3H3. The third kappa shape index (κ3) is 4.88. The summed E-state index contributed by atoms with van der Waals surface area (Å²) in [6, 6.07) is 2.04. The summed E-state index contributed by atoms with van der Waals surface area (Å²) in [6.07, 6.45) is 2.03. The van der Waals surface area contributed by atoms with Crippen LogP contribution in [-0.4, -0.2) is 34.2 Å². The molecule has 1 unspecified atom stereocenters. The molecule has 1 N–H and O–H groups in total. The fourth-order valence-electron chi connectivity index (χ4n) is 1.85. The number of hydrogen-bond acceptors (Lipinski definition) is 3. The van der Waals surface area contributed by atoms with Crippen LogP contribution < -0.4 is 0 Å². The van der Waals surface area contributed by atoms with Crippen molar-refractivity contribution in [3.63, 3.8) is 0 Å². The van der Waals surface area contributed by atoms with Gasteiger partial charge in [-0.15, -0.1) is 0 Å². The molecule has 4 nitrogen and oxygen atoms in total. The molecule has 0 aliphatic rings. The van der Waals surface area contributed by atoms with Crippen molar-refractivity contribution in [3.05, 3.63) is 17.5 Å². The SMILES string of the molecule is CCCOCCC(O)Cc1cc(C)nn1CC. The molecular formula is C13H24N2O2. The lowest BCUT2D eigenvalue weighted by atomic mass is 10.1. The average Bonchev–Trinajstić information content (AvgIpc) is 2.65. The second-order valence-corrected chi connectivity index (χ2v) is 4.35. The van der Waals surface area contributed by atoms with Gasteiger partial charge < -0.3 is 9.84 Å². The molecule has 98 valence electrons. The summed E-state index contributed by atoms with van der Waals surface area (Å²) in [7, 11) is 0. The van der Waals surface area contributed by atoms with E-state index >= 15 is 0 Å². The Labute approximate surface area is 104 Å². The van der Waals surface area contributed by atoms with E-state index in [9.17, 15) is 5.11 Å². The van der Waals surface area contributed by atoms with Crippen molar-refractivity contribution in [2.24, 2.45) is 0 Å². The summed E-state index contributed by atoms with van der Waals surface area (Å²) in [5.74, 6) is 0. The van der Waals surface area contributed by atoms with Crippen LogP contribution in [0.3, 0.4) is 0 Å². The van der Waals surface area contributed by atoms with Crippen molar-refractivity contribution in [1.82, 2.24) is 9.78 Å². The van der Waals surface area contributed by atoms with E-state index in [2.05, 4.69) is 18.9 Å². The molecule has 1 heterocycles. The van der Waals surface area contributed by atoms with Gasteiger partial charge in [0.15, 0.2) is 0 Å². The van der Waals surface area contributed by atoms with Crippen molar-refractivity contribution < 1.29 is 9.84 Å². The minimum absolute atomic E-state index is 0.340. The van der Waals surface area contributed by atoms with E-state index in [1.807, 2.05) is 17.7 Å². The quantitative estimate of drug-likeness (QED) is 0.706. The normalized spacial score (nSPS) is 12.9. The van der Waals surface area contributed by atoms with E-state index in [0.29, 0.717) is 19.4 Å². The molecule has 0 fully saturated rings. The maximum atomic E-state index is 9.91. The Hall–Kier alpha value is -0.870. The van der Waals surface area contributed by atoms with Gasteiger partial charge in [0, 0.05) is 31.9 Å². The summed E-state index contributed by atoms with van der Waals surface area (Å²) in [5.41, 5.74) is 2.12. The minimum Gasteiger partial charge on any atom is -0.393 e. The van der Waals surface area contributed by atoms with Crippen LogP contribution in [0.4, 0.5) is 0 Å². The zero-order chi connectivity index (χ0) is 12.7. The third-order valence-electron chi connectivity index (χ3n) is 2.67. The third-order valence-corrected chi connectivity index (χ3v) is 2.67. The van der Waals surface area contributed by atoms with Gasteiger partial charge in [0.25, 0.3) is 0 Å². The van der Waals surface area contributed by atoms with Crippen LogP contribution in [0.25, 0.3) is 0 Å². The summed E-state index contributed by atoms with van der Waals surface area (Å²) in [6.45, 7) is 8.38. The first kappa shape index (κ1) is 14.2. The molecule has 0 amide bonds. The predicted octanol–water partition coefficient (Wildman–Crippen LogP) is 1.93.